The van der Waals surface area contributed by atoms with Crippen LogP contribution in [0.25, 0.3) is 0 Å². The van der Waals surface area contributed by atoms with Crippen molar-refractivity contribution in [1.29, 1.82) is 0 Å². The number of nitrogen functional groups attached to an aromatic ring is 1. The molecule has 20 heavy (non-hydrogen) atoms. The number of likely N-dealkylation sites (tertiary alicyclic amines) is 1. The first-order chi connectivity index (χ1) is 9.52. The lowest BCUT2D eigenvalue weighted by molar-refractivity contribution is -0.146. The van der Waals surface area contributed by atoms with Crippen LogP contribution in [0.15, 0.2) is 18.2 Å². The maximum absolute atomic E-state index is 12.5. The fraction of sp³-hybridized carbons (Fsp3) is 0.467. The Kier molecular flexibility index (Phi) is 4.27. The molecule has 1 fully saturated rings. The summed E-state index contributed by atoms with van der Waals surface area (Å²) in [6.45, 7) is 2.98. The number of aryl methyl sites for hydroxylation is 1. The topological polar surface area (TPSA) is 72.6 Å². The molecule has 1 heterocycles. The third-order valence-electron chi connectivity index (χ3n) is 3.76. The molecule has 0 saturated carbocycles. The van der Waals surface area contributed by atoms with Crippen molar-refractivity contribution in [3.8, 4) is 0 Å². The minimum absolute atomic E-state index is 0.0540. The van der Waals surface area contributed by atoms with Crippen molar-refractivity contribution in [2.24, 2.45) is 5.92 Å². The Morgan fingerprint density at radius 1 is 1.40 bits per heavy atom. The largest absolute Gasteiger partial charge is 0.469 e. The van der Waals surface area contributed by atoms with Gasteiger partial charge in [0.15, 0.2) is 0 Å². The van der Waals surface area contributed by atoms with Crippen LogP contribution in [0.1, 0.15) is 28.8 Å². The number of nitrogens with zero attached hydrogens (tertiary/aromatic N) is 1. The van der Waals surface area contributed by atoms with Gasteiger partial charge in [0.05, 0.1) is 13.0 Å². The van der Waals surface area contributed by atoms with Crippen molar-refractivity contribution in [3.05, 3.63) is 29.3 Å². The van der Waals surface area contributed by atoms with Gasteiger partial charge in [-0.05, 0) is 43.5 Å². The maximum Gasteiger partial charge on any atom is 0.310 e. The second kappa shape index (κ2) is 5.94. The van der Waals surface area contributed by atoms with Gasteiger partial charge in [0.2, 0.25) is 0 Å². The van der Waals surface area contributed by atoms with Gasteiger partial charge in [0.25, 0.3) is 5.91 Å². The van der Waals surface area contributed by atoms with Crippen LogP contribution in [0.3, 0.4) is 0 Å². The Labute approximate surface area is 118 Å². The number of hydrogen-bond acceptors (Lipinski definition) is 4. The summed E-state index contributed by atoms with van der Waals surface area (Å²) in [4.78, 5) is 25.8. The summed E-state index contributed by atoms with van der Waals surface area (Å²) in [6.07, 6.45) is 1.59. The second-order valence-corrected chi connectivity index (χ2v) is 5.18. The summed E-state index contributed by atoms with van der Waals surface area (Å²) >= 11 is 0. The van der Waals surface area contributed by atoms with Crippen LogP contribution in [0.4, 0.5) is 5.69 Å². The van der Waals surface area contributed by atoms with Gasteiger partial charge in [-0.1, -0.05) is 0 Å². The molecule has 0 bridgehead atoms. The van der Waals surface area contributed by atoms with Crippen molar-refractivity contribution in [2.45, 2.75) is 19.8 Å². The molecule has 5 nitrogen and oxygen atoms in total. The van der Waals surface area contributed by atoms with Crippen LogP contribution in [0.2, 0.25) is 0 Å². The number of benzene rings is 1. The van der Waals surface area contributed by atoms with Crippen molar-refractivity contribution in [1.82, 2.24) is 4.90 Å². The van der Waals surface area contributed by atoms with Crippen LogP contribution in [-0.2, 0) is 9.53 Å². The predicted molar refractivity (Wildman–Crippen MR) is 76.2 cm³/mol. The van der Waals surface area contributed by atoms with E-state index >= 15 is 0 Å². The number of carbonyl (C=O) groups excluding carboxylic acids is 2. The summed E-state index contributed by atoms with van der Waals surface area (Å²) < 4.78 is 4.76. The summed E-state index contributed by atoms with van der Waals surface area (Å²) in [7, 11) is 1.38. The number of hydrogen-bond donors (Lipinski definition) is 1. The molecule has 0 radical (unpaired) electrons. The average Bonchev–Trinajstić information content (AvgIpc) is 2.48. The van der Waals surface area contributed by atoms with E-state index in [9.17, 15) is 9.59 Å². The van der Waals surface area contributed by atoms with Crippen LogP contribution < -0.4 is 5.73 Å². The summed E-state index contributed by atoms with van der Waals surface area (Å²) in [5, 5.41) is 0. The van der Waals surface area contributed by atoms with E-state index in [0.717, 1.165) is 18.4 Å². The van der Waals surface area contributed by atoms with E-state index in [-0.39, 0.29) is 17.8 Å². The minimum Gasteiger partial charge on any atom is -0.469 e. The van der Waals surface area contributed by atoms with Crippen LogP contribution >= 0.6 is 0 Å². The van der Waals surface area contributed by atoms with Gasteiger partial charge in [0, 0.05) is 24.3 Å². The van der Waals surface area contributed by atoms with E-state index in [2.05, 4.69) is 0 Å². The molecule has 2 N–H and O–H groups in total. The molecule has 5 heteroatoms. The predicted octanol–water partition coefficient (Wildman–Crippen LogP) is 1.60. The molecule has 1 unspecified atom stereocenters. The van der Waals surface area contributed by atoms with Gasteiger partial charge in [-0.15, -0.1) is 0 Å². The number of rotatable bonds is 2. The third-order valence-corrected chi connectivity index (χ3v) is 3.76. The highest BCUT2D eigenvalue weighted by atomic mass is 16.5. The van der Waals surface area contributed by atoms with E-state index in [4.69, 9.17) is 10.5 Å². The summed E-state index contributed by atoms with van der Waals surface area (Å²) in [5.74, 6) is -0.509. The lowest BCUT2D eigenvalue weighted by Gasteiger charge is -2.31. The molecule has 1 aliphatic heterocycles. The molecule has 1 saturated heterocycles. The standard InChI is InChI=1S/C15H20N2O3/c1-10-8-11(5-6-13(10)16)14(18)17-7-3-4-12(9-17)15(19)20-2/h5-6,8,12H,3-4,7,9,16H2,1-2H3. The lowest BCUT2D eigenvalue weighted by atomic mass is 9.97. The molecule has 0 spiro atoms. The van der Waals surface area contributed by atoms with Crippen LogP contribution in [0, 0.1) is 12.8 Å². The molecule has 1 amide bonds. The van der Waals surface area contributed by atoms with Crippen molar-refractivity contribution in [2.75, 3.05) is 25.9 Å². The SMILES string of the molecule is COC(=O)C1CCCN(C(=O)c2ccc(N)c(C)c2)C1. The van der Waals surface area contributed by atoms with E-state index in [1.165, 1.54) is 7.11 Å². The number of amides is 1. The zero-order valence-electron chi connectivity index (χ0n) is 11.9. The highest BCUT2D eigenvalue weighted by Gasteiger charge is 2.29. The van der Waals surface area contributed by atoms with Crippen LogP contribution in [-0.4, -0.2) is 37.0 Å². The Bertz CT molecular complexity index is 528. The number of ether oxygens (including phenoxy) is 1. The van der Waals surface area contributed by atoms with Gasteiger partial charge in [0.1, 0.15) is 0 Å². The molecule has 2 rings (SSSR count). The highest BCUT2D eigenvalue weighted by Crippen LogP contribution is 2.21. The normalized spacial score (nSPS) is 18.7. The van der Waals surface area contributed by atoms with E-state index in [1.54, 1.807) is 23.1 Å². The summed E-state index contributed by atoms with van der Waals surface area (Å²) in [5.41, 5.74) is 7.93. The fourth-order valence-corrected chi connectivity index (χ4v) is 2.51. The maximum atomic E-state index is 12.5. The molecular formula is C15H20N2O3. The van der Waals surface area contributed by atoms with Gasteiger partial charge in [-0.3, -0.25) is 9.59 Å². The first-order valence-corrected chi connectivity index (χ1v) is 6.76. The number of piperidine rings is 1. The number of anilines is 1. The Hall–Kier alpha value is -2.04. The average molecular weight is 276 g/mol. The molecule has 1 aliphatic rings. The monoisotopic (exact) mass is 276 g/mol. The van der Waals surface area contributed by atoms with E-state index < -0.39 is 0 Å². The third kappa shape index (κ3) is 2.92. The van der Waals surface area contributed by atoms with Crippen LogP contribution in [0.5, 0.6) is 0 Å². The number of carbonyl (C=O) groups is 2. The Balaban J connectivity index is 2.12. The molecule has 1 aromatic carbocycles. The quantitative estimate of drug-likeness (QED) is 0.658. The molecule has 108 valence electrons. The van der Waals surface area contributed by atoms with Gasteiger partial charge >= 0.3 is 5.97 Å². The first-order valence-electron chi connectivity index (χ1n) is 6.76. The van der Waals surface area contributed by atoms with Crippen molar-refractivity contribution >= 4 is 17.6 Å². The van der Waals surface area contributed by atoms with E-state index in [0.29, 0.717) is 24.3 Å². The molecule has 1 aromatic rings. The van der Waals surface area contributed by atoms with Gasteiger partial charge in [-0.25, -0.2) is 0 Å². The lowest BCUT2D eigenvalue weighted by Crippen LogP contribution is -2.42. The second-order valence-electron chi connectivity index (χ2n) is 5.18. The molecule has 0 aliphatic carbocycles. The molecule has 0 aromatic heterocycles. The zero-order chi connectivity index (χ0) is 14.7. The highest BCUT2D eigenvalue weighted by molar-refractivity contribution is 5.95. The number of methoxy groups -OCH3 is 1. The first kappa shape index (κ1) is 14.4. The minimum atomic E-state index is -0.240. The summed E-state index contributed by atoms with van der Waals surface area (Å²) in [6, 6.07) is 5.26. The van der Waals surface area contributed by atoms with Gasteiger partial charge < -0.3 is 15.4 Å². The van der Waals surface area contributed by atoms with E-state index in [1.807, 2.05) is 6.92 Å². The smallest absolute Gasteiger partial charge is 0.310 e. The Morgan fingerprint density at radius 2 is 2.15 bits per heavy atom. The Morgan fingerprint density at radius 3 is 2.80 bits per heavy atom. The van der Waals surface area contributed by atoms with Gasteiger partial charge in [-0.2, -0.15) is 0 Å². The molecule has 1 atom stereocenters. The zero-order valence-corrected chi connectivity index (χ0v) is 11.9. The van der Waals surface area contributed by atoms with Crippen molar-refractivity contribution in [3.63, 3.8) is 0 Å². The molecular weight excluding hydrogens is 256 g/mol. The number of esters is 1. The van der Waals surface area contributed by atoms with Crippen molar-refractivity contribution < 1.29 is 14.3 Å². The number of nitrogens with two attached hydrogens (primary N) is 1. The fourth-order valence-electron chi connectivity index (χ4n) is 2.51.